The van der Waals surface area contributed by atoms with Crippen LogP contribution in [0.1, 0.15) is 40.0 Å². The van der Waals surface area contributed by atoms with E-state index in [2.05, 4.69) is 27.4 Å². The summed E-state index contributed by atoms with van der Waals surface area (Å²) in [6, 6.07) is 8.60. The van der Waals surface area contributed by atoms with Crippen molar-refractivity contribution in [3.8, 4) is 11.3 Å². The minimum absolute atomic E-state index is 0. The smallest absolute Gasteiger partial charge is 0.138 e. The molecule has 0 unspecified atom stereocenters. The number of fused-ring (bicyclic) bond motifs is 1. The Morgan fingerprint density at radius 2 is 2.00 bits per heavy atom. The molecule has 4 rings (SSSR count). The zero-order chi connectivity index (χ0) is 16.4. The number of aromatic amines is 1. The first-order chi connectivity index (χ1) is 11.8. The molecule has 0 amide bonds. The van der Waals surface area contributed by atoms with E-state index in [0.29, 0.717) is 11.1 Å². The molecule has 4 nitrogen and oxygen atoms in total. The predicted molar refractivity (Wildman–Crippen MR) is 102 cm³/mol. The lowest BCUT2D eigenvalue weighted by Gasteiger charge is -2.17. The van der Waals surface area contributed by atoms with Gasteiger partial charge in [0.25, 0.3) is 0 Å². The van der Waals surface area contributed by atoms with Crippen molar-refractivity contribution < 1.29 is 1.43 Å². The van der Waals surface area contributed by atoms with E-state index in [1.807, 2.05) is 18.3 Å². The number of aromatic nitrogens is 3. The van der Waals surface area contributed by atoms with Crippen LogP contribution in [0.2, 0.25) is 5.02 Å². The Morgan fingerprint density at radius 3 is 2.83 bits per heavy atom. The Kier molecular flexibility index (Phi) is 4.39. The minimum atomic E-state index is 0. The number of hydrogen-bond acceptors (Lipinski definition) is 3. The third-order valence-electron chi connectivity index (χ3n) is 4.73. The molecule has 126 valence electrons. The van der Waals surface area contributed by atoms with Crippen LogP contribution in [0.3, 0.4) is 0 Å². The molecule has 0 radical (unpaired) electrons. The maximum atomic E-state index is 6.10. The molecule has 1 aliphatic carbocycles. The number of nitrogens with zero attached hydrogens (tertiary/aromatic N) is 2. The second-order valence-electron chi connectivity index (χ2n) is 6.49. The Morgan fingerprint density at radius 1 is 1.17 bits per heavy atom. The van der Waals surface area contributed by atoms with Crippen LogP contribution >= 0.6 is 11.6 Å². The molecule has 0 spiro atoms. The first kappa shape index (κ1) is 15.5. The van der Waals surface area contributed by atoms with Crippen molar-refractivity contribution in [1.29, 1.82) is 0 Å². The predicted octanol–water partition coefficient (Wildman–Crippen LogP) is 5.66. The van der Waals surface area contributed by atoms with Crippen molar-refractivity contribution in [1.82, 2.24) is 15.0 Å². The maximum Gasteiger partial charge on any atom is 0.138 e. The van der Waals surface area contributed by atoms with Gasteiger partial charge in [-0.3, -0.25) is 0 Å². The summed E-state index contributed by atoms with van der Waals surface area (Å²) >= 11 is 6.10. The van der Waals surface area contributed by atoms with Gasteiger partial charge in [0, 0.05) is 30.8 Å². The summed E-state index contributed by atoms with van der Waals surface area (Å²) in [6.45, 7) is 0. The van der Waals surface area contributed by atoms with E-state index in [1.165, 1.54) is 38.5 Å². The van der Waals surface area contributed by atoms with Crippen molar-refractivity contribution in [2.45, 2.75) is 44.6 Å². The lowest BCUT2D eigenvalue weighted by Crippen LogP contribution is -2.19. The molecule has 3 aromatic rings. The van der Waals surface area contributed by atoms with Crippen LogP contribution < -0.4 is 5.32 Å². The Balaban J connectivity index is 0.00000182. The van der Waals surface area contributed by atoms with Gasteiger partial charge in [-0.2, -0.15) is 0 Å². The van der Waals surface area contributed by atoms with Crippen LogP contribution in [-0.4, -0.2) is 21.0 Å². The van der Waals surface area contributed by atoms with Crippen LogP contribution in [0.4, 0.5) is 5.82 Å². The van der Waals surface area contributed by atoms with Gasteiger partial charge in [-0.25, -0.2) is 9.97 Å². The third-order valence-corrected chi connectivity index (χ3v) is 4.94. The van der Waals surface area contributed by atoms with E-state index in [-0.39, 0.29) is 1.43 Å². The monoisotopic (exact) mass is 342 g/mol. The Hall–Kier alpha value is -2.07. The highest BCUT2D eigenvalue weighted by atomic mass is 35.5. The van der Waals surface area contributed by atoms with E-state index in [1.54, 1.807) is 6.20 Å². The molecule has 5 heteroatoms. The highest BCUT2D eigenvalue weighted by Gasteiger charge is 2.14. The standard InChI is InChI=1S/C19H21ClN4.H2/c20-13-10-15-16(12-22-19(15)21-11-13)17-8-5-9-18(24-17)23-14-6-3-1-2-4-7-14;/h5,8-12,14H,1-4,6-7H2,(H,21,22)(H,23,24);1H. The van der Waals surface area contributed by atoms with E-state index < -0.39 is 0 Å². The van der Waals surface area contributed by atoms with Crippen molar-refractivity contribution in [2.75, 3.05) is 5.32 Å². The normalized spacial score (nSPS) is 16.2. The first-order valence-electron chi connectivity index (χ1n) is 8.66. The van der Waals surface area contributed by atoms with Crippen LogP contribution in [-0.2, 0) is 0 Å². The van der Waals surface area contributed by atoms with Gasteiger partial charge in [0.2, 0.25) is 0 Å². The number of pyridine rings is 2. The van der Waals surface area contributed by atoms with Crippen molar-refractivity contribution in [3.63, 3.8) is 0 Å². The summed E-state index contributed by atoms with van der Waals surface area (Å²) in [6.07, 6.45) is 11.4. The van der Waals surface area contributed by atoms with Crippen molar-refractivity contribution >= 4 is 28.5 Å². The molecule has 2 N–H and O–H groups in total. The fraction of sp³-hybridized carbons (Fsp3) is 0.368. The largest absolute Gasteiger partial charge is 0.367 e. The molecule has 1 fully saturated rings. The molecule has 0 aliphatic heterocycles. The highest BCUT2D eigenvalue weighted by molar-refractivity contribution is 6.31. The molecule has 0 aromatic carbocycles. The van der Waals surface area contributed by atoms with Gasteiger partial charge in [0.15, 0.2) is 0 Å². The molecule has 0 saturated heterocycles. The zero-order valence-corrected chi connectivity index (χ0v) is 14.3. The molecule has 3 aromatic heterocycles. The first-order valence-corrected chi connectivity index (χ1v) is 9.04. The molecule has 0 bridgehead atoms. The van der Waals surface area contributed by atoms with E-state index in [0.717, 1.165) is 28.1 Å². The molecule has 0 atom stereocenters. The third kappa shape index (κ3) is 3.24. The molecule has 3 heterocycles. The maximum absolute atomic E-state index is 6.10. The second-order valence-corrected chi connectivity index (χ2v) is 6.93. The summed E-state index contributed by atoms with van der Waals surface area (Å²) in [7, 11) is 0. The van der Waals surface area contributed by atoms with Gasteiger partial charge in [-0.15, -0.1) is 0 Å². The summed E-state index contributed by atoms with van der Waals surface area (Å²) in [5.74, 6) is 0.948. The van der Waals surface area contributed by atoms with Crippen LogP contribution in [0, 0.1) is 0 Å². The van der Waals surface area contributed by atoms with Gasteiger partial charge in [-0.05, 0) is 31.0 Å². The fourth-order valence-corrected chi connectivity index (χ4v) is 3.65. The number of hydrogen-bond donors (Lipinski definition) is 2. The van der Waals surface area contributed by atoms with Gasteiger partial charge >= 0.3 is 0 Å². The summed E-state index contributed by atoms with van der Waals surface area (Å²) in [5, 5.41) is 5.26. The van der Waals surface area contributed by atoms with Crippen molar-refractivity contribution in [3.05, 3.63) is 41.7 Å². The highest BCUT2D eigenvalue weighted by Crippen LogP contribution is 2.29. The number of halogens is 1. The summed E-state index contributed by atoms with van der Waals surface area (Å²) in [4.78, 5) is 12.3. The van der Waals surface area contributed by atoms with Gasteiger partial charge < -0.3 is 10.3 Å². The molecule has 1 aliphatic rings. The quantitative estimate of drug-likeness (QED) is 0.604. The van der Waals surface area contributed by atoms with E-state index in [9.17, 15) is 0 Å². The SMILES string of the molecule is Clc1cnc2[nH]cc(-c3cccc(NC4CCCCCC4)n3)c2c1.[HH]. The minimum Gasteiger partial charge on any atom is -0.367 e. The summed E-state index contributed by atoms with van der Waals surface area (Å²) < 4.78 is 0. The topological polar surface area (TPSA) is 53.6 Å². The van der Waals surface area contributed by atoms with Crippen LogP contribution in [0.15, 0.2) is 36.7 Å². The van der Waals surface area contributed by atoms with Gasteiger partial charge in [0.1, 0.15) is 11.5 Å². The van der Waals surface area contributed by atoms with Crippen LogP contribution in [0.25, 0.3) is 22.3 Å². The molecular formula is C19H23ClN4. The molecule has 24 heavy (non-hydrogen) atoms. The van der Waals surface area contributed by atoms with Crippen molar-refractivity contribution in [2.24, 2.45) is 0 Å². The molecule has 1 saturated carbocycles. The van der Waals surface area contributed by atoms with Gasteiger partial charge in [-0.1, -0.05) is 43.4 Å². The number of rotatable bonds is 3. The van der Waals surface area contributed by atoms with E-state index >= 15 is 0 Å². The average Bonchev–Trinajstić information content (AvgIpc) is 2.83. The lowest BCUT2D eigenvalue weighted by atomic mass is 10.1. The van der Waals surface area contributed by atoms with Gasteiger partial charge in [0.05, 0.1) is 10.7 Å². The number of H-pyrrole nitrogens is 1. The lowest BCUT2D eigenvalue weighted by molar-refractivity contribution is 0.618. The summed E-state index contributed by atoms with van der Waals surface area (Å²) in [5.41, 5.74) is 2.80. The molecular weight excluding hydrogens is 320 g/mol. The number of nitrogens with one attached hydrogen (secondary N) is 2. The Labute approximate surface area is 148 Å². The fourth-order valence-electron chi connectivity index (χ4n) is 3.49. The Bertz CT molecular complexity index is 840. The zero-order valence-electron chi connectivity index (χ0n) is 13.6. The number of anilines is 1. The second kappa shape index (κ2) is 6.81. The van der Waals surface area contributed by atoms with E-state index in [4.69, 9.17) is 16.6 Å². The average molecular weight is 343 g/mol. The van der Waals surface area contributed by atoms with Crippen LogP contribution in [0.5, 0.6) is 0 Å².